The normalized spacial score (nSPS) is 43.0. The standard InChI is InChI=1S/C24H34ClNO18/c25-8-3-7(26(37)38)1-2-9(8)39-22-18(35)15(32)20(11(5-28)41-22)44-24-19(36)16(33)21(12(6-29)42-24)43-23-17(34)14(31)13(30)10(4-27)40-23/h1-3,10-24,27-36H,4-6H2/t10-,11-,12-,13-,14+,15-,16-,17-,18-,19-,20-,21-,22?,23-,24-/m1/s1. The van der Waals surface area contributed by atoms with E-state index in [0.717, 1.165) is 18.2 Å². The number of rotatable bonds is 10. The summed E-state index contributed by atoms with van der Waals surface area (Å²) in [6.07, 6.45) is -25.9. The summed E-state index contributed by atoms with van der Waals surface area (Å²) in [6.45, 7) is -2.47. The van der Waals surface area contributed by atoms with E-state index in [1.807, 2.05) is 0 Å². The molecule has 10 N–H and O–H groups in total. The molecule has 19 nitrogen and oxygen atoms in total. The predicted octanol–water partition coefficient (Wildman–Crippen LogP) is -4.92. The first-order valence-electron chi connectivity index (χ1n) is 13.3. The Morgan fingerprint density at radius 3 is 1.61 bits per heavy atom. The van der Waals surface area contributed by atoms with Crippen molar-refractivity contribution in [2.45, 2.75) is 92.1 Å². The summed E-state index contributed by atoms with van der Waals surface area (Å²) < 4.78 is 32.8. The largest absolute Gasteiger partial charge is 0.460 e. The molecule has 3 aliphatic rings. The van der Waals surface area contributed by atoms with Crippen molar-refractivity contribution in [1.82, 2.24) is 0 Å². The van der Waals surface area contributed by atoms with Crippen LogP contribution in [0.25, 0.3) is 0 Å². The maximum Gasteiger partial charge on any atom is 0.271 e. The van der Waals surface area contributed by atoms with Crippen LogP contribution in [0.3, 0.4) is 0 Å². The van der Waals surface area contributed by atoms with Gasteiger partial charge in [-0.2, -0.15) is 0 Å². The highest BCUT2D eigenvalue weighted by molar-refractivity contribution is 6.32. The number of aliphatic hydroxyl groups excluding tert-OH is 10. The molecule has 0 bridgehead atoms. The molecule has 3 saturated heterocycles. The Hall–Kier alpha value is -1.89. The van der Waals surface area contributed by atoms with Gasteiger partial charge in [-0.05, 0) is 6.07 Å². The third-order valence-corrected chi connectivity index (χ3v) is 7.74. The van der Waals surface area contributed by atoms with Gasteiger partial charge in [0, 0.05) is 12.1 Å². The highest BCUT2D eigenvalue weighted by atomic mass is 35.5. The Kier molecular flexibility index (Phi) is 11.7. The molecule has 1 unspecified atom stereocenters. The number of benzene rings is 1. The third kappa shape index (κ3) is 7.08. The minimum atomic E-state index is -1.98. The van der Waals surface area contributed by atoms with Crippen LogP contribution in [0.5, 0.6) is 5.75 Å². The van der Waals surface area contributed by atoms with Gasteiger partial charge in [-0.15, -0.1) is 0 Å². The molecule has 3 fully saturated rings. The molecule has 1 aromatic carbocycles. The Morgan fingerprint density at radius 2 is 1.14 bits per heavy atom. The van der Waals surface area contributed by atoms with E-state index in [1.165, 1.54) is 0 Å². The molecular formula is C24H34ClNO18. The molecule has 4 rings (SSSR count). The van der Waals surface area contributed by atoms with Gasteiger partial charge in [0.05, 0.1) is 29.8 Å². The number of hydrogen-bond acceptors (Lipinski definition) is 18. The maximum atomic E-state index is 10.9. The van der Waals surface area contributed by atoms with E-state index in [2.05, 4.69) is 0 Å². The van der Waals surface area contributed by atoms with Gasteiger partial charge in [0.15, 0.2) is 12.6 Å². The molecule has 0 amide bonds. The number of nitro groups is 1. The summed E-state index contributed by atoms with van der Waals surface area (Å²) in [7, 11) is 0. The number of hydrogen-bond donors (Lipinski definition) is 10. The average Bonchev–Trinajstić information content (AvgIpc) is 3.00. The van der Waals surface area contributed by atoms with E-state index in [-0.39, 0.29) is 16.5 Å². The Bertz CT molecular complexity index is 1110. The van der Waals surface area contributed by atoms with Gasteiger partial charge in [-0.3, -0.25) is 10.1 Å². The molecular weight excluding hydrogens is 626 g/mol. The lowest BCUT2D eigenvalue weighted by atomic mass is 9.96. The fraction of sp³-hybridized carbons (Fsp3) is 0.750. The van der Waals surface area contributed by atoms with Gasteiger partial charge < -0.3 is 79.5 Å². The second kappa shape index (κ2) is 14.7. The summed E-state index contributed by atoms with van der Waals surface area (Å²) in [5.74, 6) is -0.157. The quantitative estimate of drug-likeness (QED) is 0.0831. The molecule has 250 valence electrons. The zero-order valence-corrected chi connectivity index (χ0v) is 23.3. The van der Waals surface area contributed by atoms with Crippen LogP contribution in [0.4, 0.5) is 5.69 Å². The number of aliphatic hydroxyl groups is 10. The topological polar surface area (TPSA) is 301 Å². The number of nitrogens with zero attached hydrogens (tertiary/aromatic N) is 1. The molecule has 0 aliphatic carbocycles. The monoisotopic (exact) mass is 659 g/mol. The van der Waals surface area contributed by atoms with Crippen LogP contribution in [0.2, 0.25) is 5.02 Å². The van der Waals surface area contributed by atoms with Gasteiger partial charge in [0.2, 0.25) is 6.29 Å². The van der Waals surface area contributed by atoms with Crippen LogP contribution >= 0.6 is 11.6 Å². The fourth-order valence-electron chi connectivity index (χ4n) is 4.96. The molecule has 15 atom stereocenters. The lowest BCUT2D eigenvalue weighted by Gasteiger charge is -2.48. The van der Waals surface area contributed by atoms with E-state index in [1.54, 1.807) is 0 Å². The number of nitro benzene ring substituents is 1. The van der Waals surface area contributed by atoms with E-state index in [9.17, 15) is 61.2 Å². The van der Waals surface area contributed by atoms with Crippen molar-refractivity contribution < 1.29 is 84.4 Å². The first kappa shape index (κ1) is 35.0. The van der Waals surface area contributed by atoms with Crippen LogP contribution in [0, 0.1) is 10.1 Å². The lowest BCUT2D eigenvalue weighted by Crippen LogP contribution is -2.66. The lowest BCUT2D eigenvalue weighted by molar-refractivity contribution is -0.384. The molecule has 44 heavy (non-hydrogen) atoms. The SMILES string of the molecule is O=[N+]([O-])c1ccc(OC2O[C@H](CO)[C@@H](O[C@H]3O[C@H](CO)[C@@H](O[C@H]4O[C@H](CO)[C@@H](O)[C@H](O)[C@H]4O)[C@H](O)[C@H]3O)[C@H](O)[C@H]2O)c(Cl)c1. The third-order valence-electron chi connectivity index (χ3n) is 7.44. The molecule has 0 radical (unpaired) electrons. The van der Waals surface area contributed by atoms with E-state index < -0.39 is 117 Å². The minimum Gasteiger partial charge on any atom is -0.460 e. The molecule has 3 aliphatic heterocycles. The average molecular weight is 660 g/mol. The zero-order valence-electron chi connectivity index (χ0n) is 22.6. The summed E-state index contributed by atoms with van der Waals surface area (Å²) in [5.41, 5.74) is -0.343. The number of halogens is 1. The van der Waals surface area contributed by atoms with Crippen molar-refractivity contribution in [3.63, 3.8) is 0 Å². The van der Waals surface area contributed by atoms with Gasteiger partial charge in [0.1, 0.15) is 79.0 Å². The summed E-state index contributed by atoms with van der Waals surface area (Å²) >= 11 is 6.01. The fourth-order valence-corrected chi connectivity index (χ4v) is 5.18. The van der Waals surface area contributed by atoms with E-state index >= 15 is 0 Å². The Morgan fingerprint density at radius 1 is 0.682 bits per heavy atom. The van der Waals surface area contributed by atoms with Crippen LogP contribution in [-0.2, 0) is 23.7 Å². The van der Waals surface area contributed by atoms with Gasteiger partial charge in [-0.1, -0.05) is 11.6 Å². The maximum absolute atomic E-state index is 10.9. The van der Waals surface area contributed by atoms with Crippen molar-refractivity contribution in [3.8, 4) is 5.75 Å². The molecule has 0 aromatic heterocycles. The van der Waals surface area contributed by atoms with Gasteiger partial charge in [-0.25, -0.2) is 0 Å². The Balaban J connectivity index is 1.44. The first-order valence-corrected chi connectivity index (χ1v) is 13.7. The molecule has 0 spiro atoms. The number of ether oxygens (including phenoxy) is 6. The molecule has 1 aromatic rings. The van der Waals surface area contributed by atoms with Crippen LogP contribution < -0.4 is 4.74 Å². The Labute approximate surface area is 253 Å². The van der Waals surface area contributed by atoms with E-state index in [0.29, 0.717) is 0 Å². The second-order valence-electron chi connectivity index (χ2n) is 10.3. The number of non-ortho nitro benzene ring substituents is 1. The summed E-state index contributed by atoms with van der Waals surface area (Å²) in [4.78, 5) is 10.2. The van der Waals surface area contributed by atoms with Crippen molar-refractivity contribution in [2.24, 2.45) is 0 Å². The second-order valence-corrected chi connectivity index (χ2v) is 10.7. The highest BCUT2D eigenvalue weighted by Gasteiger charge is 2.53. The zero-order chi connectivity index (χ0) is 32.5. The molecule has 0 saturated carbocycles. The van der Waals surface area contributed by atoms with Crippen molar-refractivity contribution in [1.29, 1.82) is 0 Å². The molecule has 20 heteroatoms. The molecule has 3 heterocycles. The smallest absolute Gasteiger partial charge is 0.271 e. The van der Waals surface area contributed by atoms with Crippen molar-refractivity contribution >= 4 is 17.3 Å². The van der Waals surface area contributed by atoms with Crippen LogP contribution in [0.15, 0.2) is 18.2 Å². The predicted molar refractivity (Wildman–Crippen MR) is 138 cm³/mol. The highest BCUT2D eigenvalue weighted by Crippen LogP contribution is 2.35. The van der Waals surface area contributed by atoms with Gasteiger partial charge in [0.25, 0.3) is 5.69 Å². The van der Waals surface area contributed by atoms with Crippen molar-refractivity contribution in [3.05, 3.63) is 33.3 Å². The van der Waals surface area contributed by atoms with E-state index in [4.69, 9.17) is 40.0 Å². The first-order chi connectivity index (χ1) is 20.8. The minimum absolute atomic E-state index is 0.157. The van der Waals surface area contributed by atoms with Crippen molar-refractivity contribution in [2.75, 3.05) is 19.8 Å². The van der Waals surface area contributed by atoms with Gasteiger partial charge >= 0.3 is 0 Å². The van der Waals surface area contributed by atoms with Crippen LogP contribution in [-0.4, -0.2) is 168 Å². The van der Waals surface area contributed by atoms with Crippen LogP contribution in [0.1, 0.15) is 0 Å². The summed E-state index contributed by atoms with van der Waals surface area (Å²) in [5, 5.41) is 113. The summed E-state index contributed by atoms with van der Waals surface area (Å²) in [6, 6.07) is 3.18.